The summed E-state index contributed by atoms with van der Waals surface area (Å²) in [6.45, 7) is 6.27. The molecule has 0 saturated heterocycles. The summed E-state index contributed by atoms with van der Waals surface area (Å²) in [7, 11) is 1.53. The summed E-state index contributed by atoms with van der Waals surface area (Å²) < 4.78 is 14.2. The van der Waals surface area contributed by atoms with Gasteiger partial charge in [0.15, 0.2) is 4.80 Å². The summed E-state index contributed by atoms with van der Waals surface area (Å²) in [5.41, 5.74) is 3.58. The lowest BCUT2D eigenvalue weighted by molar-refractivity contribution is -0.384. The van der Waals surface area contributed by atoms with Gasteiger partial charge in [0, 0.05) is 31.1 Å². The Kier molecular flexibility index (Phi) is 8.32. The number of thiazole rings is 1. The number of carbonyl (C=O) groups excluding carboxylic acids is 1. The fourth-order valence-electron chi connectivity index (χ4n) is 4.89. The molecule has 42 heavy (non-hydrogen) atoms. The van der Waals surface area contributed by atoms with Crippen LogP contribution in [0, 0.1) is 10.1 Å². The quantitative estimate of drug-likeness (QED) is 0.125. The molecule has 1 aliphatic rings. The highest BCUT2D eigenvalue weighted by atomic mass is 32.1. The summed E-state index contributed by atoms with van der Waals surface area (Å²) in [5, 5.41) is 11.3. The van der Waals surface area contributed by atoms with Crippen LogP contribution in [0.4, 0.5) is 5.69 Å². The molecule has 1 aliphatic heterocycles. The van der Waals surface area contributed by atoms with E-state index in [1.54, 1.807) is 46.5 Å². The van der Waals surface area contributed by atoms with Crippen LogP contribution >= 0.6 is 11.3 Å². The molecule has 0 spiro atoms. The van der Waals surface area contributed by atoms with Gasteiger partial charge in [-0.1, -0.05) is 55.5 Å². The van der Waals surface area contributed by atoms with E-state index in [0.29, 0.717) is 37.9 Å². The van der Waals surface area contributed by atoms with Crippen LogP contribution in [0.15, 0.2) is 87.9 Å². The van der Waals surface area contributed by atoms with Crippen molar-refractivity contribution in [3.63, 3.8) is 0 Å². The summed E-state index contributed by atoms with van der Waals surface area (Å²) in [5.74, 6) is -0.237. The fourth-order valence-corrected chi connectivity index (χ4v) is 5.93. The summed E-state index contributed by atoms with van der Waals surface area (Å²) in [4.78, 5) is 43.3. The highest BCUT2D eigenvalue weighted by Crippen LogP contribution is 2.31. The molecule has 11 heteroatoms. The third-order valence-corrected chi connectivity index (χ3v) is 8.04. The second kappa shape index (κ2) is 12.1. The van der Waals surface area contributed by atoms with Gasteiger partial charge in [-0.05, 0) is 48.2 Å². The Morgan fingerprint density at radius 1 is 1.14 bits per heavy atom. The Morgan fingerprint density at radius 2 is 1.90 bits per heavy atom. The van der Waals surface area contributed by atoms with Crippen LogP contribution in [0.1, 0.15) is 49.6 Å². The molecule has 0 N–H and O–H groups in total. The Hall–Kier alpha value is -4.61. The number of nitro groups is 1. The molecular weight excluding hydrogens is 556 g/mol. The molecule has 2 aromatic carbocycles. The van der Waals surface area contributed by atoms with Gasteiger partial charge >= 0.3 is 5.97 Å². The number of nitrogens with zero attached hydrogens (tertiary/aromatic N) is 4. The third kappa shape index (κ3) is 5.61. The van der Waals surface area contributed by atoms with E-state index >= 15 is 0 Å². The molecule has 1 atom stereocenters. The van der Waals surface area contributed by atoms with Gasteiger partial charge in [-0.3, -0.25) is 19.5 Å². The molecule has 1 unspecified atom stereocenters. The second-order valence-corrected chi connectivity index (χ2v) is 11.1. The minimum absolute atomic E-state index is 0.0320. The zero-order valence-electron chi connectivity index (χ0n) is 23.6. The number of fused-ring (bicyclic) bond motifs is 1. The summed E-state index contributed by atoms with van der Waals surface area (Å²) in [6.07, 6.45) is 3.51. The monoisotopic (exact) mass is 586 g/mol. The summed E-state index contributed by atoms with van der Waals surface area (Å²) >= 11 is 1.22. The molecule has 10 nitrogen and oxygen atoms in total. The normalized spacial score (nSPS) is 15.1. The number of non-ortho nitro benzene ring substituents is 1. The van der Waals surface area contributed by atoms with E-state index in [1.165, 1.54) is 30.6 Å². The van der Waals surface area contributed by atoms with Crippen molar-refractivity contribution in [3.05, 3.63) is 125 Å². The molecule has 0 amide bonds. The standard InChI is InChI=1S/C31H30N4O6S/c1-19(2)21-10-12-22(13-11-21)28-27(30(37)41-16-15-40-4)20(3)32-31-34(28)29(36)26(42-31)18-24-9-6-14-33(24)23-7-5-8-25(17-23)35(38)39/h5-14,17-19,28H,15-16H2,1-4H3. The molecule has 5 rings (SSSR count). The van der Waals surface area contributed by atoms with Crippen LogP contribution in [-0.4, -0.2) is 40.4 Å². The number of esters is 1. The zero-order valence-corrected chi connectivity index (χ0v) is 24.5. The molecule has 0 saturated carbocycles. The highest BCUT2D eigenvalue weighted by molar-refractivity contribution is 7.07. The first-order valence-corrected chi connectivity index (χ1v) is 14.2. The number of benzene rings is 2. The number of rotatable bonds is 9. The molecule has 2 aromatic heterocycles. The molecule has 0 aliphatic carbocycles. The van der Waals surface area contributed by atoms with E-state index < -0.39 is 16.9 Å². The van der Waals surface area contributed by atoms with E-state index in [-0.39, 0.29) is 24.5 Å². The van der Waals surface area contributed by atoms with Gasteiger partial charge in [0.05, 0.1) is 39.1 Å². The first-order valence-electron chi connectivity index (χ1n) is 13.4. The van der Waals surface area contributed by atoms with Crippen LogP contribution in [0.5, 0.6) is 0 Å². The van der Waals surface area contributed by atoms with Crippen LogP contribution in [-0.2, 0) is 14.3 Å². The van der Waals surface area contributed by atoms with Gasteiger partial charge in [-0.15, -0.1) is 0 Å². The van der Waals surface area contributed by atoms with Crippen LogP contribution in [0.25, 0.3) is 11.8 Å². The lowest BCUT2D eigenvalue weighted by Crippen LogP contribution is -2.40. The van der Waals surface area contributed by atoms with Crippen molar-refractivity contribution in [2.75, 3.05) is 20.3 Å². The van der Waals surface area contributed by atoms with Crippen molar-refractivity contribution in [2.24, 2.45) is 4.99 Å². The van der Waals surface area contributed by atoms with Gasteiger partial charge in [-0.2, -0.15) is 0 Å². The fraction of sp³-hybridized carbons (Fsp3) is 0.258. The maximum Gasteiger partial charge on any atom is 0.338 e. The number of hydrogen-bond acceptors (Lipinski definition) is 8. The van der Waals surface area contributed by atoms with Crippen LogP contribution < -0.4 is 14.9 Å². The van der Waals surface area contributed by atoms with E-state index in [2.05, 4.69) is 18.8 Å². The molecule has 0 bridgehead atoms. The number of aromatic nitrogens is 2. The van der Waals surface area contributed by atoms with Crippen molar-refractivity contribution in [3.8, 4) is 5.69 Å². The van der Waals surface area contributed by atoms with E-state index in [1.807, 2.05) is 30.3 Å². The predicted molar refractivity (Wildman–Crippen MR) is 160 cm³/mol. The third-order valence-electron chi connectivity index (χ3n) is 7.06. The van der Waals surface area contributed by atoms with E-state index in [4.69, 9.17) is 9.47 Å². The zero-order chi connectivity index (χ0) is 30.0. The largest absolute Gasteiger partial charge is 0.460 e. The van der Waals surface area contributed by atoms with Crippen molar-refractivity contribution < 1.29 is 19.2 Å². The van der Waals surface area contributed by atoms with Gasteiger partial charge in [-0.25, -0.2) is 9.79 Å². The maximum absolute atomic E-state index is 14.0. The number of ether oxygens (including phenoxy) is 2. The molecule has 0 fully saturated rings. The van der Waals surface area contributed by atoms with E-state index in [0.717, 1.165) is 11.1 Å². The van der Waals surface area contributed by atoms with Gasteiger partial charge in [0.1, 0.15) is 6.61 Å². The first kappa shape index (κ1) is 28.9. The highest BCUT2D eigenvalue weighted by Gasteiger charge is 2.33. The maximum atomic E-state index is 14.0. The van der Waals surface area contributed by atoms with Crippen molar-refractivity contribution in [2.45, 2.75) is 32.7 Å². The Labute approximate surface area is 245 Å². The lowest BCUT2D eigenvalue weighted by atomic mass is 9.93. The van der Waals surface area contributed by atoms with Gasteiger partial charge in [0.2, 0.25) is 0 Å². The topological polar surface area (TPSA) is 118 Å². The Morgan fingerprint density at radius 3 is 2.60 bits per heavy atom. The van der Waals surface area contributed by atoms with Gasteiger partial charge in [0.25, 0.3) is 11.2 Å². The number of carbonyl (C=O) groups is 1. The molecule has 4 aromatic rings. The van der Waals surface area contributed by atoms with Crippen LogP contribution in [0.2, 0.25) is 0 Å². The average Bonchev–Trinajstić information content (AvgIpc) is 3.56. The predicted octanol–water partition coefficient (Wildman–Crippen LogP) is 4.25. The second-order valence-electron chi connectivity index (χ2n) is 10.1. The SMILES string of the molecule is COCCOC(=O)C1=C(C)N=c2sc(=Cc3cccn3-c3cccc([N+](=O)[O-])c3)c(=O)n2C1c1ccc(C(C)C)cc1. The molecular formula is C31H30N4O6S. The Bertz CT molecular complexity index is 1860. The number of methoxy groups -OCH3 is 1. The average molecular weight is 587 g/mol. The number of hydrogen-bond donors (Lipinski definition) is 0. The first-order chi connectivity index (χ1) is 20.2. The Balaban J connectivity index is 1.64. The van der Waals surface area contributed by atoms with Crippen LogP contribution in [0.3, 0.4) is 0 Å². The number of allylic oxidation sites excluding steroid dienone is 1. The molecule has 216 valence electrons. The minimum atomic E-state index is -0.733. The van der Waals surface area contributed by atoms with Crippen molar-refractivity contribution in [1.82, 2.24) is 9.13 Å². The smallest absolute Gasteiger partial charge is 0.338 e. The minimum Gasteiger partial charge on any atom is -0.460 e. The molecule has 0 radical (unpaired) electrons. The van der Waals surface area contributed by atoms with Crippen molar-refractivity contribution in [1.29, 1.82) is 0 Å². The number of nitro benzene ring substituents is 1. The van der Waals surface area contributed by atoms with Gasteiger partial charge < -0.3 is 14.0 Å². The van der Waals surface area contributed by atoms with Crippen molar-refractivity contribution >= 4 is 29.1 Å². The van der Waals surface area contributed by atoms with E-state index in [9.17, 15) is 19.7 Å². The molecule has 3 heterocycles. The lowest BCUT2D eigenvalue weighted by Gasteiger charge is -2.25. The summed E-state index contributed by atoms with van der Waals surface area (Å²) in [6, 6.07) is 17.1.